The molecule has 1 heterocycles. The molecule has 15 heavy (non-hydrogen) atoms. The number of nitrogens with zero attached hydrogens (tertiary/aromatic N) is 1. The molecular formula is C10H18N2O2S. The summed E-state index contributed by atoms with van der Waals surface area (Å²) < 4.78 is 4.83. The Morgan fingerprint density at radius 2 is 2.47 bits per heavy atom. The Morgan fingerprint density at radius 3 is 3.07 bits per heavy atom. The maximum Gasteiger partial charge on any atom is 0.0897 e. The lowest BCUT2D eigenvalue weighted by molar-refractivity contribution is 0.0594. The molecule has 0 aliphatic rings. The van der Waals surface area contributed by atoms with Crippen LogP contribution in [0.25, 0.3) is 0 Å². The van der Waals surface area contributed by atoms with E-state index < -0.39 is 0 Å². The van der Waals surface area contributed by atoms with Crippen molar-refractivity contribution in [3.63, 3.8) is 0 Å². The van der Waals surface area contributed by atoms with Crippen LogP contribution in [0.2, 0.25) is 0 Å². The third-order valence-electron chi connectivity index (χ3n) is 1.99. The van der Waals surface area contributed by atoms with Crippen LogP contribution in [0.1, 0.15) is 17.1 Å². The largest absolute Gasteiger partial charge is 0.391 e. The van der Waals surface area contributed by atoms with E-state index in [1.54, 1.807) is 18.4 Å². The SMILES string of the molecule is COCC(O)CCNCc1csc(C)n1. The van der Waals surface area contributed by atoms with Crippen molar-refractivity contribution in [2.45, 2.75) is 26.0 Å². The fraction of sp³-hybridized carbons (Fsp3) is 0.700. The Bertz CT molecular complexity index is 278. The van der Waals surface area contributed by atoms with Crippen LogP contribution < -0.4 is 5.32 Å². The third kappa shape index (κ3) is 5.22. The molecule has 2 N–H and O–H groups in total. The van der Waals surface area contributed by atoms with E-state index >= 15 is 0 Å². The molecule has 0 fully saturated rings. The van der Waals surface area contributed by atoms with Gasteiger partial charge in [-0.05, 0) is 19.9 Å². The van der Waals surface area contributed by atoms with Gasteiger partial charge in [0, 0.05) is 19.0 Å². The fourth-order valence-corrected chi connectivity index (χ4v) is 1.86. The standard InChI is InChI=1S/C10H18N2O2S/c1-8-12-9(7-15-8)5-11-4-3-10(13)6-14-2/h7,10-11,13H,3-6H2,1-2H3. The van der Waals surface area contributed by atoms with Gasteiger partial charge in [-0.3, -0.25) is 0 Å². The number of nitrogens with one attached hydrogen (secondary N) is 1. The first kappa shape index (κ1) is 12.6. The van der Waals surface area contributed by atoms with Gasteiger partial charge in [-0.25, -0.2) is 4.98 Å². The normalized spacial score (nSPS) is 13.0. The van der Waals surface area contributed by atoms with E-state index in [0.29, 0.717) is 13.0 Å². The Labute approximate surface area is 94.3 Å². The number of ether oxygens (including phenoxy) is 1. The third-order valence-corrected chi connectivity index (χ3v) is 2.81. The van der Waals surface area contributed by atoms with Gasteiger partial charge in [-0.1, -0.05) is 0 Å². The number of thiazole rings is 1. The Hall–Kier alpha value is -0.490. The van der Waals surface area contributed by atoms with E-state index in [1.165, 1.54) is 0 Å². The van der Waals surface area contributed by atoms with E-state index in [1.807, 2.05) is 12.3 Å². The summed E-state index contributed by atoms with van der Waals surface area (Å²) >= 11 is 1.66. The zero-order valence-corrected chi connectivity index (χ0v) is 10.0. The predicted molar refractivity (Wildman–Crippen MR) is 61.1 cm³/mol. The summed E-state index contributed by atoms with van der Waals surface area (Å²) in [5, 5.41) is 15.7. The minimum absolute atomic E-state index is 0.375. The number of hydrogen-bond donors (Lipinski definition) is 2. The summed E-state index contributed by atoms with van der Waals surface area (Å²) in [6, 6.07) is 0. The van der Waals surface area contributed by atoms with Crippen LogP contribution in [0.15, 0.2) is 5.38 Å². The Balaban J connectivity index is 2.06. The van der Waals surface area contributed by atoms with Crippen molar-refractivity contribution in [1.82, 2.24) is 10.3 Å². The molecule has 0 radical (unpaired) electrons. The van der Waals surface area contributed by atoms with Crippen molar-refractivity contribution in [2.75, 3.05) is 20.3 Å². The molecule has 1 rings (SSSR count). The molecule has 1 atom stereocenters. The van der Waals surface area contributed by atoms with Gasteiger partial charge in [-0.15, -0.1) is 11.3 Å². The van der Waals surface area contributed by atoms with E-state index in [4.69, 9.17) is 4.74 Å². The number of hydrogen-bond acceptors (Lipinski definition) is 5. The van der Waals surface area contributed by atoms with Crippen molar-refractivity contribution >= 4 is 11.3 Å². The number of aliphatic hydroxyl groups is 1. The minimum Gasteiger partial charge on any atom is -0.391 e. The number of aryl methyl sites for hydroxylation is 1. The summed E-state index contributed by atoms with van der Waals surface area (Å²) in [6.45, 7) is 3.94. The summed E-state index contributed by atoms with van der Waals surface area (Å²) in [6.07, 6.45) is 0.330. The molecule has 0 saturated carbocycles. The van der Waals surface area contributed by atoms with Crippen LogP contribution >= 0.6 is 11.3 Å². The van der Waals surface area contributed by atoms with Gasteiger partial charge < -0.3 is 15.2 Å². The van der Waals surface area contributed by atoms with Crippen LogP contribution in [0, 0.1) is 6.92 Å². The zero-order valence-electron chi connectivity index (χ0n) is 9.19. The molecule has 86 valence electrons. The van der Waals surface area contributed by atoms with Crippen molar-refractivity contribution in [2.24, 2.45) is 0 Å². The van der Waals surface area contributed by atoms with Crippen LogP contribution in [-0.2, 0) is 11.3 Å². The van der Waals surface area contributed by atoms with E-state index in [0.717, 1.165) is 23.8 Å². The number of rotatable bonds is 7. The lowest BCUT2D eigenvalue weighted by atomic mass is 10.2. The highest BCUT2D eigenvalue weighted by Gasteiger charge is 2.02. The topological polar surface area (TPSA) is 54.4 Å². The number of methoxy groups -OCH3 is 1. The van der Waals surface area contributed by atoms with Gasteiger partial charge in [-0.2, -0.15) is 0 Å². The van der Waals surface area contributed by atoms with Gasteiger partial charge in [0.2, 0.25) is 0 Å². The number of aromatic nitrogens is 1. The van der Waals surface area contributed by atoms with Crippen LogP contribution in [0.3, 0.4) is 0 Å². The summed E-state index contributed by atoms with van der Waals surface area (Å²) in [5.41, 5.74) is 1.07. The molecule has 1 aromatic heterocycles. The van der Waals surface area contributed by atoms with E-state index in [-0.39, 0.29) is 6.10 Å². The van der Waals surface area contributed by atoms with Crippen molar-refractivity contribution in [3.05, 3.63) is 16.1 Å². The molecule has 0 aliphatic carbocycles. The molecular weight excluding hydrogens is 212 g/mol. The smallest absolute Gasteiger partial charge is 0.0897 e. The van der Waals surface area contributed by atoms with Gasteiger partial charge in [0.1, 0.15) is 0 Å². The molecule has 0 aromatic carbocycles. The van der Waals surface area contributed by atoms with Gasteiger partial charge in [0.15, 0.2) is 0 Å². The molecule has 0 bridgehead atoms. The molecule has 0 spiro atoms. The Kier molecular flexibility index (Phi) is 5.78. The lowest BCUT2D eigenvalue weighted by Gasteiger charge is -2.09. The Morgan fingerprint density at radius 1 is 1.67 bits per heavy atom. The average Bonchev–Trinajstić information content (AvgIpc) is 2.60. The molecule has 0 aliphatic heterocycles. The van der Waals surface area contributed by atoms with Crippen LogP contribution in [-0.4, -0.2) is 36.5 Å². The average molecular weight is 230 g/mol. The monoisotopic (exact) mass is 230 g/mol. The maximum absolute atomic E-state index is 9.37. The molecule has 1 unspecified atom stereocenters. The molecule has 1 aromatic rings. The lowest BCUT2D eigenvalue weighted by Crippen LogP contribution is -2.23. The molecule has 5 heteroatoms. The quantitative estimate of drug-likeness (QED) is 0.684. The first-order valence-electron chi connectivity index (χ1n) is 5.01. The van der Waals surface area contributed by atoms with E-state index in [9.17, 15) is 5.11 Å². The second-order valence-electron chi connectivity index (χ2n) is 3.43. The minimum atomic E-state index is -0.375. The van der Waals surface area contributed by atoms with Crippen LogP contribution in [0.4, 0.5) is 0 Å². The highest BCUT2D eigenvalue weighted by Crippen LogP contribution is 2.07. The predicted octanol–water partition coefficient (Wildman–Crippen LogP) is 0.939. The first-order chi connectivity index (χ1) is 7.22. The molecule has 0 saturated heterocycles. The second kappa shape index (κ2) is 6.90. The summed E-state index contributed by atoms with van der Waals surface area (Å²) in [7, 11) is 1.59. The maximum atomic E-state index is 9.37. The second-order valence-corrected chi connectivity index (χ2v) is 4.49. The highest BCUT2D eigenvalue weighted by molar-refractivity contribution is 7.09. The summed E-state index contributed by atoms with van der Waals surface area (Å²) in [4.78, 5) is 4.33. The van der Waals surface area contributed by atoms with E-state index in [2.05, 4.69) is 10.3 Å². The van der Waals surface area contributed by atoms with Gasteiger partial charge in [0.05, 0.1) is 23.4 Å². The zero-order chi connectivity index (χ0) is 11.1. The highest BCUT2D eigenvalue weighted by atomic mass is 32.1. The van der Waals surface area contributed by atoms with Gasteiger partial charge >= 0.3 is 0 Å². The molecule has 4 nitrogen and oxygen atoms in total. The van der Waals surface area contributed by atoms with Crippen molar-refractivity contribution < 1.29 is 9.84 Å². The first-order valence-corrected chi connectivity index (χ1v) is 5.89. The summed E-state index contributed by atoms with van der Waals surface area (Å²) in [5.74, 6) is 0. The van der Waals surface area contributed by atoms with Crippen LogP contribution in [0.5, 0.6) is 0 Å². The molecule has 0 amide bonds. The van der Waals surface area contributed by atoms with Crippen molar-refractivity contribution in [3.8, 4) is 0 Å². The van der Waals surface area contributed by atoms with Gasteiger partial charge in [0.25, 0.3) is 0 Å². The number of aliphatic hydroxyl groups excluding tert-OH is 1. The fourth-order valence-electron chi connectivity index (χ4n) is 1.25. The van der Waals surface area contributed by atoms with Crippen molar-refractivity contribution in [1.29, 1.82) is 0 Å².